The number of aryl methyl sites for hydroxylation is 1. The molecule has 0 aliphatic carbocycles. The van der Waals surface area contributed by atoms with Crippen molar-refractivity contribution in [3.63, 3.8) is 0 Å². The van der Waals surface area contributed by atoms with Gasteiger partial charge in [0.15, 0.2) is 0 Å². The van der Waals surface area contributed by atoms with Gasteiger partial charge in [0.25, 0.3) is 0 Å². The minimum atomic E-state index is -3.50. The van der Waals surface area contributed by atoms with E-state index < -0.39 is 10.0 Å². The predicted octanol–water partition coefficient (Wildman–Crippen LogP) is 2.78. The summed E-state index contributed by atoms with van der Waals surface area (Å²) in [6.45, 7) is 7.64. The number of fused-ring (bicyclic) bond motifs is 1. The van der Waals surface area contributed by atoms with Gasteiger partial charge in [-0.15, -0.1) is 0 Å². The van der Waals surface area contributed by atoms with Gasteiger partial charge in [0.1, 0.15) is 5.82 Å². The average Bonchev–Trinajstić information content (AvgIpc) is 3.15. The number of rotatable bonds is 8. The maximum absolute atomic E-state index is 12.6. The number of morpholine rings is 1. The number of para-hydroxylation sites is 1. The van der Waals surface area contributed by atoms with E-state index in [0.717, 1.165) is 50.7 Å². The highest BCUT2D eigenvalue weighted by Crippen LogP contribution is 2.25. The van der Waals surface area contributed by atoms with E-state index >= 15 is 0 Å². The first-order valence-electron chi connectivity index (χ1n) is 11.3. The molecule has 33 heavy (non-hydrogen) atoms. The first kappa shape index (κ1) is 23.7. The molecule has 1 fully saturated rings. The van der Waals surface area contributed by atoms with E-state index in [0.29, 0.717) is 12.1 Å². The number of ether oxygens (including phenoxy) is 1. The van der Waals surface area contributed by atoms with E-state index in [2.05, 4.69) is 52.6 Å². The molecule has 0 atom stereocenters. The number of sulfonamides is 1. The van der Waals surface area contributed by atoms with Gasteiger partial charge in [-0.2, -0.15) is 0 Å². The fraction of sp³-hybridized carbons (Fsp3) is 0.458. The van der Waals surface area contributed by atoms with E-state index in [1.54, 1.807) is 26.2 Å². The Morgan fingerprint density at radius 1 is 1.03 bits per heavy atom. The summed E-state index contributed by atoms with van der Waals surface area (Å²) in [5.41, 5.74) is 4.19. The Hall–Kier alpha value is -2.46. The number of benzene rings is 2. The van der Waals surface area contributed by atoms with Crippen molar-refractivity contribution in [3.8, 4) is 0 Å². The van der Waals surface area contributed by atoms with Crippen molar-refractivity contribution < 1.29 is 13.2 Å². The summed E-state index contributed by atoms with van der Waals surface area (Å²) in [5.74, 6) is 0.929. The number of hydrogen-bond donors (Lipinski definition) is 0. The monoisotopic (exact) mass is 471 g/mol. The highest BCUT2D eigenvalue weighted by molar-refractivity contribution is 7.89. The van der Waals surface area contributed by atoms with Gasteiger partial charge < -0.3 is 14.2 Å². The van der Waals surface area contributed by atoms with Gasteiger partial charge in [0.2, 0.25) is 10.0 Å². The van der Waals surface area contributed by atoms with Crippen molar-refractivity contribution in [2.45, 2.75) is 31.5 Å². The molecule has 0 radical (unpaired) electrons. The van der Waals surface area contributed by atoms with E-state index in [9.17, 15) is 8.42 Å². The molecule has 0 spiro atoms. The van der Waals surface area contributed by atoms with Gasteiger partial charge in [0, 0.05) is 46.0 Å². The Morgan fingerprint density at radius 2 is 1.76 bits per heavy atom. The van der Waals surface area contributed by atoms with E-state index in [1.165, 1.54) is 15.6 Å². The Balaban J connectivity index is 1.58. The SMILES string of the molecule is CCn1c(CN(C)Cc2ccccc2N2CCOCC2)nc2cc(S(=O)(=O)N(C)C)ccc21. The van der Waals surface area contributed by atoms with Gasteiger partial charge in [-0.05, 0) is 43.8 Å². The van der Waals surface area contributed by atoms with Gasteiger partial charge in [-0.1, -0.05) is 18.2 Å². The summed E-state index contributed by atoms with van der Waals surface area (Å²) >= 11 is 0. The highest BCUT2D eigenvalue weighted by Gasteiger charge is 2.20. The van der Waals surface area contributed by atoms with Crippen LogP contribution in [0.15, 0.2) is 47.4 Å². The van der Waals surface area contributed by atoms with Crippen LogP contribution in [0.4, 0.5) is 5.69 Å². The molecule has 1 aliphatic heterocycles. The number of imidazole rings is 1. The van der Waals surface area contributed by atoms with Gasteiger partial charge in [-0.25, -0.2) is 17.7 Å². The number of aromatic nitrogens is 2. The molecule has 0 N–H and O–H groups in total. The molecule has 1 aromatic heterocycles. The summed E-state index contributed by atoms with van der Waals surface area (Å²) in [4.78, 5) is 9.73. The fourth-order valence-electron chi connectivity index (χ4n) is 4.35. The molecule has 3 aromatic rings. The molecule has 4 rings (SSSR count). The summed E-state index contributed by atoms with van der Waals surface area (Å²) < 4.78 is 34.0. The molecule has 8 nitrogen and oxygen atoms in total. The zero-order chi connectivity index (χ0) is 23.6. The lowest BCUT2D eigenvalue weighted by atomic mass is 10.1. The van der Waals surface area contributed by atoms with Crippen molar-refractivity contribution >= 4 is 26.7 Å². The second-order valence-electron chi connectivity index (χ2n) is 8.61. The quantitative estimate of drug-likeness (QED) is 0.503. The average molecular weight is 472 g/mol. The van der Waals surface area contributed by atoms with Crippen molar-refractivity contribution in [1.82, 2.24) is 18.8 Å². The van der Waals surface area contributed by atoms with Crippen LogP contribution in [0.1, 0.15) is 18.3 Å². The second kappa shape index (κ2) is 9.80. The maximum atomic E-state index is 12.6. The molecule has 9 heteroatoms. The molecular weight excluding hydrogens is 438 g/mol. The summed E-state index contributed by atoms with van der Waals surface area (Å²) in [7, 11) is 1.68. The van der Waals surface area contributed by atoms with Crippen LogP contribution in [-0.2, 0) is 34.4 Å². The smallest absolute Gasteiger partial charge is 0.242 e. The van der Waals surface area contributed by atoms with Gasteiger partial charge in [0.05, 0.1) is 35.7 Å². The summed E-state index contributed by atoms with van der Waals surface area (Å²) in [5, 5.41) is 0. The van der Waals surface area contributed by atoms with Crippen LogP contribution in [0.3, 0.4) is 0 Å². The van der Waals surface area contributed by atoms with Crippen LogP contribution in [0.2, 0.25) is 0 Å². The molecule has 0 saturated carbocycles. The van der Waals surface area contributed by atoms with Crippen molar-refractivity contribution in [2.75, 3.05) is 52.3 Å². The molecule has 1 aliphatic rings. The molecule has 0 unspecified atom stereocenters. The minimum absolute atomic E-state index is 0.264. The van der Waals surface area contributed by atoms with Crippen LogP contribution in [0.25, 0.3) is 11.0 Å². The van der Waals surface area contributed by atoms with E-state index in [4.69, 9.17) is 9.72 Å². The molecule has 2 aromatic carbocycles. The lowest BCUT2D eigenvalue weighted by Crippen LogP contribution is -2.37. The third kappa shape index (κ3) is 4.91. The number of nitrogens with zero attached hydrogens (tertiary/aromatic N) is 5. The summed E-state index contributed by atoms with van der Waals surface area (Å²) in [6.07, 6.45) is 0. The van der Waals surface area contributed by atoms with Crippen LogP contribution < -0.4 is 4.90 Å². The molecule has 178 valence electrons. The zero-order valence-electron chi connectivity index (χ0n) is 19.9. The van der Waals surface area contributed by atoms with Crippen molar-refractivity contribution in [1.29, 1.82) is 0 Å². The first-order chi connectivity index (χ1) is 15.8. The normalized spacial score (nSPS) is 15.2. The van der Waals surface area contributed by atoms with Crippen molar-refractivity contribution in [3.05, 3.63) is 53.9 Å². The Labute approximate surface area is 196 Å². The lowest BCUT2D eigenvalue weighted by molar-refractivity contribution is 0.122. The van der Waals surface area contributed by atoms with Gasteiger partial charge in [-0.3, -0.25) is 4.90 Å². The molecule has 1 saturated heterocycles. The third-order valence-electron chi connectivity index (χ3n) is 6.09. The Bertz CT molecular complexity index is 1220. The largest absolute Gasteiger partial charge is 0.378 e. The maximum Gasteiger partial charge on any atom is 0.242 e. The standard InChI is InChI=1S/C24H33N5O3S/c1-5-29-23-11-10-20(33(30,31)26(2)3)16-21(23)25-24(29)18-27(4)17-19-8-6-7-9-22(19)28-12-14-32-15-13-28/h6-11,16H,5,12-15,17-18H2,1-4H3. The van der Waals surface area contributed by atoms with E-state index in [-0.39, 0.29) is 4.90 Å². The van der Waals surface area contributed by atoms with Crippen LogP contribution in [-0.4, -0.2) is 74.6 Å². The minimum Gasteiger partial charge on any atom is -0.378 e. The first-order valence-corrected chi connectivity index (χ1v) is 12.8. The highest BCUT2D eigenvalue weighted by atomic mass is 32.2. The van der Waals surface area contributed by atoms with Crippen molar-refractivity contribution in [2.24, 2.45) is 0 Å². The second-order valence-corrected chi connectivity index (χ2v) is 10.8. The van der Waals surface area contributed by atoms with Crippen LogP contribution in [0, 0.1) is 0 Å². The van der Waals surface area contributed by atoms with Crippen LogP contribution >= 0.6 is 0 Å². The number of anilines is 1. The lowest BCUT2D eigenvalue weighted by Gasteiger charge is -2.31. The third-order valence-corrected chi connectivity index (χ3v) is 7.90. The zero-order valence-corrected chi connectivity index (χ0v) is 20.7. The van der Waals surface area contributed by atoms with Gasteiger partial charge >= 0.3 is 0 Å². The Kier molecular flexibility index (Phi) is 7.04. The molecular formula is C24H33N5O3S. The predicted molar refractivity (Wildman–Crippen MR) is 131 cm³/mol. The fourth-order valence-corrected chi connectivity index (χ4v) is 5.27. The van der Waals surface area contributed by atoms with Crippen LogP contribution in [0.5, 0.6) is 0 Å². The number of hydrogen-bond acceptors (Lipinski definition) is 6. The topological polar surface area (TPSA) is 70.9 Å². The summed E-state index contributed by atoms with van der Waals surface area (Å²) in [6, 6.07) is 13.7. The molecule has 2 heterocycles. The van der Waals surface area contributed by atoms with E-state index in [1.807, 2.05) is 6.07 Å². The Morgan fingerprint density at radius 3 is 2.45 bits per heavy atom. The molecule has 0 amide bonds. The molecule has 0 bridgehead atoms.